The molecule has 0 fully saturated rings. The third-order valence-electron chi connectivity index (χ3n) is 1.67. The molecule has 6 heteroatoms. The van der Waals surface area contributed by atoms with Crippen LogP contribution in [0, 0.1) is 0 Å². The molecule has 0 aliphatic carbocycles. The van der Waals surface area contributed by atoms with Crippen molar-refractivity contribution in [3.05, 3.63) is 0 Å². The van der Waals surface area contributed by atoms with E-state index in [9.17, 15) is 0 Å². The second kappa shape index (κ2) is 8.61. The van der Waals surface area contributed by atoms with Crippen molar-refractivity contribution in [2.24, 2.45) is 17.2 Å². The summed E-state index contributed by atoms with van der Waals surface area (Å²) in [5.41, 5.74) is 15.9. The fourth-order valence-corrected chi connectivity index (χ4v) is 2.53. The van der Waals surface area contributed by atoms with Crippen molar-refractivity contribution >= 4 is 9.04 Å². The summed E-state index contributed by atoms with van der Waals surface area (Å²) in [6.45, 7) is 4.68. The van der Waals surface area contributed by atoms with E-state index in [2.05, 4.69) is 11.9 Å². The van der Waals surface area contributed by atoms with Gasteiger partial charge in [-0.1, -0.05) is 0 Å². The minimum atomic E-state index is -1.13. The van der Waals surface area contributed by atoms with Crippen LogP contribution < -0.4 is 22.5 Å². The molecule has 0 saturated carbocycles. The third-order valence-corrected chi connectivity index (χ3v) is 3.67. The summed E-state index contributed by atoms with van der Waals surface area (Å²) < 4.78 is 5.30. The highest BCUT2D eigenvalue weighted by Crippen LogP contribution is 1.98. The van der Waals surface area contributed by atoms with Crippen LogP contribution in [0.1, 0.15) is 6.42 Å². The van der Waals surface area contributed by atoms with Crippen LogP contribution in [-0.2, 0) is 4.43 Å². The Morgan fingerprint density at radius 1 is 1.38 bits per heavy atom. The Morgan fingerprint density at radius 3 is 2.62 bits per heavy atom. The molecule has 7 N–H and O–H groups in total. The molecule has 0 aliphatic rings. The van der Waals surface area contributed by atoms with Crippen molar-refractivity contribution in [1.29, 1.82) is 0 Å². The lowest BCUT2D eigenvalue weighted by molar-refractivity contribution is 0.218. The third kappa shape index (κ3) is 9.93. The number of hydrogen-bond acceptors (Lipinski definition) is 5. The van der Waals surface area contributed by atoms with Gasteiger partial charge in [0.1, 0.15) is 6.35 Å². The van der Waals surface area contributed by atoms with E-state index in [1.165, 1.54) is 0 Å². The maximum Gasteiger partial charge on any atom is 0.177 e. The number of hydrogen-bond donors (Lipinski definition) is 4. The molecule has 0 amide bonds. The van der Waals surface area contributed by atoms with Gasteiger partial charge in [-0.05, 0) is 25.6 Å². The number of nitrogens with two attached hydrogens (primary N) is 3. The van der Waals surface area contributed by atoms with Gasteiger partial charge in [-0.2, -0.15) is 0 Å². The van der Waals surface area contributed by atoms with E-state index in [1.54, 1.807) is 0 Å². The SMILES string of the molecule is C[SiH](CCCNCCN)OC(N)N. The first-order chi connectivity index (χ1) is 6.16. The Hall–Kier alpha value is 0.0169. The van der Waals surface area contributed by atoms with E-state index in [-0.39, 0.29) is 0 Å². The first-order valence-electron chi connectivity index (χ1n) is 4.74. The summed E-state index contributed by atoms with van der Waals surface area (Å²) in [6.07, 6.45) is 0.513. The molecule has 0 aliphatic heterocycles. The maximum atomic E-state index is 5.32. The van der Waals surface area contributed by atoms with Crippen molar-refractivity contribution in [3.63, 3.8) is 0 Å². The van der Waals surface area contributed by atoms with Gasteiger partial charge in [0, 0.05) is 13.1 Å². The summed E-state index contributed by atoms with van der Waals surface area (Å²) in [7, 11) is -1.13. The molecule has 13 heavy (non-hydrogen) atoms. The zero-order chi connectivity index (χ0) is 10.1. The van der Waals surface area contributed by atoms with Crippen LogP contribution in [0.4, 0.5) is 0 Å². The van der Waals surface area contributed by atoms with Crippen LogP contribution in [0.2, 0.25) is 12.6 Å². The summed E-state index contributed by atoms with van der Waals surface area (Å²) in [5.74, 6) is 0. The van der Waals surface area contributed by atoms with Crippen LogP contribution in [0.25, 0.3) is 0 Å². The highest BCUT2D eigenvalue weighted by molar-refractivity contribution is 6.50. The smallest absolute Gasteiger partial charge is 0.177 e. The summed E-state index contributed by atoms with van der Waals surface area (Å²) >= 11 is 0. The Labute approximate surface area is 81.7 Å². The van der Waals surface area contributed by atoms with Crippen LogP contribution in [0.15, 0.2) is 0 Å². The predicted octanol–water partition coefficient (Wildman–Crippen LogP) is -1.50. The van der Waals surface area contributed by atoms with Gasteiger partial charge in [0.15, 0.2) is 9.04 Å². The van der Waals surface area contributed by atoms with Gasteiger partial charge < -0.3 is 15.5 Å². The molecule has 0 radical (unpaired) electrons. The monoisotopic (exact) mass is 206 g/mol. The van der Waals surface area contributed by atoms with Gasteiger partial charge in [-0.25, -0.2) is 0 Å². The van der Waals surface area contributed by atoms with E-state index in [4.69, 9.17) is 21.6 Å². The molecule has 0 aromatic rings. The van der Waals surface area contributed by atoms with E-state index in [0.29, 0.717) is 6.54 Å². The van der Waals surface area contributed by atoms with Gasteiger partial charge in [0.2, 0.25) is 0 Å². The largest absolute Gasteiger partial charge is 0.394 e. The van der Waals surface area contributed by atoms with Gasteiger partial charge in [0.05, 0.1) is 0 Å². The molecule has 0 heterocycles. The maximum absolute atomic E-state index is 5.32. The van der Waals surface area contributed by atoms with Crippen molar-refractivity contribution in [1.82, 2.24) is 5.32 Å². The molecule has 0 bridgehead atoms. The summed E-state index contributed by atoms with van der Waals surface area (Å²) in [4.78, 5) is 0. The minimum absolute atomic E-state index is 0.598. The molecule has 0 aromatic carbocycles. The molecular formula is C7H22N4OSi. The van der Waals surface area contributed by atoms with Crippen molar-refractivity contribution in [2.75, 3.05) is 19.6 Å². The molecule has 80 valence electrons. The standard InChI is InChI=1S/C7H22N4OSi/c1-13(12-7(9)10)6-2-4-11-5-3-8/h7,11,13H,2-6,8-10H2,1H3. The molecule has 1 unspecified atom stereocenters. The fourth-order valence-electron chi connectivity index (χ4n) is 1.08. The van der Waals surface area contributed by atoms with E-state index >= 15 is 0 Å². The lowest BCUT2D eigenvalue weighted by Crippen LogP contribution is -2.38. The zero-order valence-corrected chi connectivity index (χ0v) is 9.49. The predicted molar refractivity (Wildman–Crippen MR) is 57.6 cm³/mol. The molecule has 0 aromatic heterocycles. The number of nitrogens with one attached hydrogen (secondary N) is 1. The van der Waals surface area contributed by atoms with Gasteiger partial charge in [0.25, 0.3) is 0 Å². The molecule has 0 rings (SSSR count). The first-order valence-corrected chi connectivity index (χ1v) is 7.18. The average Bonchev–Trinajstić information content (AvgIpc) is 2.02. The minimum Gasteiger partial charge on any atom is -0.394 e. The van der Waals surface area contributed by atoms with Crippen molar-refractivity contribution < 1.29 is 4.43 Å². The summed E-state index contributed by atoms with van der Waals surface area (Å²) in [6, 6.07) is 1.10. The summed E-state index contributed by atoms with van der Waals surface area (Å²) in [5, 5.41) is 3.22. The molecule has 5 nitrogen and oxygen atoms in total. The quantitative estimate of drug-likeness (QED) is 0.220. The van der Waals surface area contributed by atoms with Crippen LogP contribution in [0.3, 0.4) is 0 Å². The fraction of sp³-hybridized carbons (Fsp3) is 1.00. The Balaban J connectivity index is 3.12. The van der Waals surface area contributed by atoms with Gasteiger partial charge in [-0.15, -0.1) is 0 Å². The van der Waals surface area contributed by atoms with E-state index in [1.807, 2.05) is 0 Å². The van der Waals surface area contributed by atoms with Gasteiger partial charge >= 0.3 is 0 Å². The van der Waals surface area contributed by atoms with Crippen molar-refractivity contribution in [3.8, 4) is 0 Å². The second-order valence-corrected chi connectivity index (χ2v) is 5.56. The molecular weight excluding hydrogens is 184 g/mol. The van der Waals surface area contributed by atoms with Crippen LogP contribution in [-0.4, -0.2) is 35.0 Å². The second-order valence-electron chi connectivity index (χ2n) is 3.09. The lowest BCUT2D eigenvalue weighted by atomic mass is 10.5. The van der Waals surface area contributed by atoms with E-state index in [0.717, 1.165) is 25.6 Å². The highest BCUT2D eigenvalue weighted by atomic mass is 28.3. The Morgan fingerprint density at radius 2 is 2.08 bits per heavy atom. The molecule has 0 spiro atoms. The van der Waals surface area contributed by atoms with Crippen molar-refractivity contribution in [2.45, 2.75) is 25.4 Å². The highest BCUT2D eigenvalue weighted by Gasteiger charge is 2.06. The topological polar surface area (TPSA) is 99.3 Å². The average molecular weight is 206 g/mol. The Bertz CT molecular complexity index is 115. The Kier molecular flexibility index (Phi) is 8.62. The first kappa shape index (κ1) is 13.0. The van der Waals surface area contributed by atoms with Gasteiger partial charge in [-0.3, -0.25) is 11.5 Å². The lowest BCUT2D eigenvalue weighted by Gasteiger charge is -2.14. The number of rotatable bonds is 8. The van der Waals surface area contributed by atoms with Crippen LogP contribution in [0.5, 0.6) is 0 Å². The van der Waals surface area contributed by atoms with E-state index < -0.39 is 15.4 Å². The van der Waals surface area contributed by atoms with Crippen LogP contribution >= 0.6 is 0 Å². The molecule has 1 atom stereocenters. The normalized spacial score (nSPS) is 13.6. The zero-order valence-electron chi connectivity index (χ0n) is 8.33. The molecule has 0 saturated heterocycles.